The van der Waals surface area contributed by atoms with E-state index in [1.54, 1.807) is 19.4 Å². The van der Waals surface area contributed by atoms with Crippen LogP contribution in [-0.2, 0) is 16.7 Å². The molecule has 2 heterocycles. The molecular formula is C18H20FN3O2. The number of aromatic nitrogens is 1. The predicted molar refractivity (Wildman–Crippen MR) is 89.5 cm³/mol. The van der Waals surface area contributed by atoms with Crippen LogP contribution in [0.3, 0.4) is 0 Å². The Labute approximate surface area is 140 Å². The lowest BCUT2D eigenvalue weighted by Gasteiger charge is -2.30. The molecular weight excluding hydrogens is 309 g/mol. The predicted octanol–water partition coefficient (Wildman–Crippen LogP) is 2.77. The summed E-state index contributed by atoms with van der Waals surface area (Å²) in [6.07, 6.45) is 2.83. The van der Waals surface area contributed by atoms with Crippen LogP contribution >= 0.6 is 0 Å². The summed E-state index contributed by atoms with van der Waals surface area (Å²) >= 11 is 0. The van der Waals surface area contributed by atoms with E-state index in [0.717, 1.165) is 11.3 Å². The number of halogens is 1. The first-order chi connectivity index (χ1) is 11.5. The van der Waals surface area contributed by atoms with Crippen molar-refractivity contribution >= 4 is 6.02 Å². The molecule has 3 rings (SSSR count). The van der Waals surface area contributed by atoms with Crippen molar-refractivity contribution in [3.8, 4) is 5.75 Å². The highest BCUT2D eigenvalue weighted by Crippen LogP contribution is 2.34. The van der Waals surface area contributed by atoms with Gasteiger partial charge in [-0.05, 0) is 30.7 Å². The Kier molecular flexibility index (Phi) is 4.38. The van der Waals surface area contributed by atoms with E-state index in [-0.39, 0.29) is 11.8 Å². The molecule has 0 fully saturated rings. The lowest BCUT2D eigenvalue weighted by Crippen LogP contribution is -2.34. The van der Waals surface area contributed by atoms with Crippen LogP contribution in [0.2, 0.25) is 0 Å². The zero-order valence-corrected chi connectivity index (χ0v) is 13.8. The van der Waals surface area contributed by atoms with Crippen molar-refractivity contribution in [2.24, 2.45) is 10.7 Å². The summed E-state index contributed by atoms with van der Waals surface area (Å²) in [7, 11) is 1.61. The summed E-state index contributed by atoms with van der Waals surface area (Å²) in [6.45, 7) is 2.29. The molecule has 0 unspecified atom stereocenters. The SMILES string of the molecule is COc1cccnc1Cc1ccc(F)c([C@]2(C)CCOC(N)=N2)c1. The van der Waals surface area contributed by atoms with Crippen LogP contribution in [0.15, 0.2) is 41.5 Å². The fraction of sp³-hybridized carbons (Fsp3) is 0.333. The highest BCUT2D eigenvalue weighted by Gasteiger charge is 2.32. The van der Waals surface area contributed by atoms with Gasteiger partial charge >= 0.3 is 0 Å². The summed E-state index contributed by atoms with van der Waals surface area (Å²) < 4.78 is 24.9. The van der Waals surface area contributed by atoms with Crippen LogP contribution in [0.1, 0.15) is 30.2 Å². The van der Waals surface area contributed by atoms with Crippen LogP contribution in [0.5, 0.6) is 5.75 Å². The Hall–Kier alpha value is -2.63. The highest BCUT2D eigenvalue weighted by atomic mass is 19.1. The van der Waals surface area contributed by atoms with Gasteiger partial charge in [-0.1, -0.05) is 12.1 Å². The molecule has 2 aromatic rings. The lowest BCUT2D eigenvalue weighted by atomic mass is 9.87. The Morgan fingerprint density at radius 3 is 2.96 bits per heavy atom. The maximum absolute atomic E-state index is 14.4. The summed E-state index contributed by atoms with van der Waals surface area (Å²) in [4.78, 5) is 8.67. The van der Waals surface area contributed by atoms with E-state index in [2.05, 4.69) is 9.98 Å². The molecule has 24 heavy (non-hydrogen) atoms. The fourth-order valence-corrected chi connectivity index (χ4v) is 2.91. The molecule has 5 nitrogen and oxygen atoms in total. The van der Waals surface area contributed by atoms with E-state index in [4.69, 9.17) is 15.2 Å². The minimum absolute atomic E-state index is 0.0972. The van der Waals surface area contributed by atoms with Gasteiger partial charge in [0.15, 0.2) is 0 Å². The monoisotopic (exact) mass is 329 g/mol. The first-order valence-electron chi connectivity index (χ1n) is 7.77. The average molecular weight is 329 g/mol. The molecule has 0 saturated heterocycles. The van der Waals surface area contributed by atoms with Crippen molar-refractivity contribution in [1.82, 2.24) is 4.98 Å². The molecule has 2 N–H and O–H groups in total. The van der Waals surface area contributed by atoms with Crippen LogP contribution in [0, 0.1) is 5.82 Å². The Bertz CT molecular complexity index is 779. The quantitative estimate of drug-likeness (QED) is 0.936. The zero-order chi connectivity index (χ0) is 17.2. The molecule has 1 aromatic heterocycles. The maximum atomic E-state index is 14.4. The Morgan fingerprint density at radius 2 is 2.21 bits per heavy atom. The van der Waals surface area contributed by atoms with Gasteiger partial charge in [-0.15, -0.1) is 0 Å². The molecule has 1 aliphatic rings. The molecule has 0 aliphatic carbocycles. The van der Waals surface area contributed by atoms with Gasteiger partial charge < -0.3 is 15.2 Å². The average Bonchev–Trinajstić information content (AvgIpc) is 2.57. The van der Waals surface area contributed by atoms with Crippen molar-refractivity contribution in [1.29, 1.82) is 0 Å². The van der Waals surface area contributed by atoms with Crippen molar-refractivity contribution in [2.75, 3.05) is 13.7 Å². The summed E-state index contributed by atoms with van der Waals surface area (Å²) in [5.41, 5.74) is 7.20. The van der Waals surface area contributed by atoms with Crippen LogP contribution < -0.4 is 10.5 Å². The van der Waals surface area contributed by atoms with E-state index in [1.807, 2.05) is 25.1 Å². The topological polar surface area (TPSA) is 69.7 Å². The van der Waals surface area contributed by atoms with E-state index in [9.17, 15) is 4.39 Å². The molecule has 1 aromatic carbocycles. The lowest BCUT2D eigenvalue weighted by molar-refractivity contribution is 0.215. The molecule has 6 heteroatoms. The summed E-state index contributed by atoms with van der Waals surface area (Å²) in [5.74, 6) is 0.413. The van der Waals surface area contributed by atoms with E-state index >= 15 is 0 Å². The number of hydrogen-bond acceptors (Lipinski definition) is 5. The van der Waals surface area contributed by atoms with Gasteiger partial charge in [-0.3, -0.25) is 4.98 Å². The second-order valence-corrected chi connectivity index (χ2v) is 5.97. The zero-order valence-electron chi connectivity index (χ0n) is 13.8. The smallest absolute Gasteiger partial charge is 0.282 e. The third-order valence-corrected chi connectivity index (χ3v) is 4.25. The number of nitrogens with zero attached hydrogens (tertiary/aromatic N) is 2. The first kappa shape index (κ1) is 16.2. The van der Waals surface area contributed by atoms with E-state index in [0.29, 0.717) is 30.8 Å². The van der Waals surface area contributed by atoms with Gasteiger partial charge in [0.1, 0.15) is 11.6 Å². The van der Waals surface area contributed by atoms with Crippen LogP contribution in [0.4, 0.5) is 4.39 Å². The van der Waals surface area contributed by atoms with Gasteiger partial charge in [0.2, 0.25) is 0 Å². The largest absolute Gasteiger partial charge is 0.495 e. The van der Waals surface area contributed by atoms with Crippen molar-refractivity contribution in [2.45, 2.75) is 25.3 Å². The van der Waals surface area contributed by atoms with Crippen LogP contribution in [0.25, 0.3) is 0 Å². The van der Waals surface area contributed by atoms with Gasteiger partial charge in [-0.25, -0.2) is 9.38 Å². The number of aliphatic imine (C=N–C) groups is 1. The third kappa shape index (κ3) is 3.18. The number of nitrogens with two attached hydrogens (primary N) is 1. The Balaban J connectivity index is 1.96. The molecule has 0 bridgehead atoms. The molecule has 1 atom stereocenters. The summed E-state index contributed by atoms with van der Waals surface area (Å²) in [5, 5.41) is 0. The normalized spacial score (nSPS) is 20.2. The molecule has 0 saturated carbocycles. The minimum Gasteiger partial charge on any atom is -0.495 e. The maximum Gasteiger partial charge on any atom is 0.282 e. The minimum atomic E-state index is -0.726. The van der Waals surface area contributed by atoms with Gasteiger partial charge in [-0.2, -0.15) is 0 Å². The molecule has 0 amide bonds. The standard InChI is InChI=1S/C18H20FN3O2/c1-18(7-9-24-17(20)22-18)13-10-12(5-6-14(13)19)11-15-16(23-2)4-3-8-21-15/h3-6,8,10H,7,9,11H2,1-2H3,(H2,20,22)/t18-/m0/s1. The third-order valence-electron chi connectivity index (χ3n) is 4.25. The number of hydrogen-bond donors (Lipinski definition) is 1. The molecule has 0 radical (unpaired) electrons. The number of amidine groups is 1. The van der Waals surface area contributed by atoms with Gasteiger partial charge in [0, 0.05) is 24.6 Å². The van der Waals surface area contributed by atoms with E-state index < -0.39 is 5.54 Å². The second-order valence-electron chi connectivity index (χ2n) is 5.97. The molecule has 0 spiro atoms. The number of rotatable bonds is 4. The van der Waals surface area contributed by atoms with Crippen molar-refractivity contribution in [3.05, 3.63) is 59.2 Å². The van der Waals surface area contributed by atoms with Gasteiger partial charge in [0.05, 0.1) is 24.9 Å². The molecule has 1 aliphatic heterocycles. The van der Waals surface area contributed by atoms with Crippen molar-refractivity contribution < 1.29 is 13.9 Å². The second kappa shape index (κ2) is 6.47. The summed E-state index contributed by atoms with van der Waals surface area (Å²) in [6, 6.07) is 8.82. The number of methoxy groups -OCH3 is 1. The molecule has 126 valence electrons. The number of ether oxygens (including phenoxy) is 2. The number of benzene rings is 1. The number of pyridine rings is 1. The van der Waals surface area contributed by atoms with Crippen molar-refractivity contribution in [3.63, 3.8) is 0 Å². The van der Waals surface area contributed by atoms with Crippen LogP contribution in [-0.4, -0.2) is 24.7 Å². The first-order valence-corrected chi connectivity index (χ1v) is 7.77. The highest BCUT2D eigenvalue weighted by molar-refractivity contribution is 5.72. The van der Waals surface area contributed by atoms with E-state index in [1.165, 1.54) is 6.07 Å². The van der Waals surface area contributed by atoms with Gasteiger partial charge in [0.25, 0.3) is 6.02 Å². The fourth-order valence-electron chi connectivity index (χ4n) is 2.91. The Morgan fingerprint density at radius 1 is 1.38 bits per heavy atom.